The van der Waals surface area contributed by atoms with E-state index in [0.717, 1.165) is 10.5 Å². The minimum atomic E-state index is -4.17. The first kappa shape index (κ1) is 29.1. The molecule has 40 heavy (non-hydrogen) atoms. The van der Waals surface area contributed by atoms with Crippen LogP contribution >= 0.6 is 22.6 Å². The lowest BCUT2D eigenvalue weighted by Crippen LogP contribution is -2.54. The molecule has 0 radical (unpaired) electrons. The second-order valence-corrected chi connectivity index (χ2v) is 11.2. The van der Waals surface area contributed by atoms with Crippen LogP contribution in [0.1, 0.15) is 25.0 Å². The van der Waals surface area contributed by atoms with Gasteiger partial charge < -0.3 is 13.7 Å². The van der Waals surface area contributed by atoms with Gasteiger partial charge in [0.15, 0.2) is 11.5 Å². The van der Waals surface area contributed by atoms with Gasteiger partial charge in [0.1, 0.15) is 16.2 Å². The third-order valence-corrected chi connectivity index (χ3v) is 7.69. The molecule has 208 valence electrons. The lowest BCUT2D eigenvalue weighted by atomic mass is 10.1. The summed E-state index contributed by atoms with van der Waals surface area (Å²) in [6, 6.07) is 14.6. The summed E-state index contributed by atoms with van der Waals surface area (Å²) in [7, 11) is -4.17. The Morgan fingerprint density at radius 3 is 2.20 bits per heavy atom. The molecule has 1 N–H and O–H groups in total. The maximum atomic E-state index is 13.3. The summed E-state index contributed by atoms with van der Waals surface area (Å²) in [6.45, 7) is 6.03. The Labute approximate surface area is 245 Å². The van der Waals surface area contributed by atoms with Gasteiger partial charge in [0.25, 0.3) is 11.8 Å². The van der Waals surface area contributed by atoms with E-state index in [2.05, 4.69) is 5.32 Å². The van der Waals surface area contributed by atoms with Crippen LogP contribution < -0.4 is 23.9 Å². The fraction of sp³-hybridized carbons (Fsp3) is 0.179. The zero-order valence-electron chi connectivity index (χ0n) is 21.8. The van der Waals surface area contributed by atoms with Crippen LogP contribution in [0.4, 0.5) is 10.5 Å². The molecule has 4 amide bonds. The minimum absolute atomic E-state index is 0.0222. The molecule has 1 heterocycles. The first-order chi connectivity index (χ1) is 19.0. The van der Waals surface area contributed by atoms with Gasteiger partial charge in [-0.15, -0.1) is 0 Å². The number of urea groups is 1. The maximum absolute atomic E-state index is 13.3. The largest absolute Gasteiger partial charge is 0.494 e. The molecule has 0 bridgehead atoms. The third-order valence-electron chi connectivity index (χ3n) is 5.65. The zero-order chi connectivity index (χ0) is 29.0. The van der Waals surface area contributed by atoms with Gasteiger partial charge in [0.05, 0.1) is 22.5 Å². The van der Waals surface area contributed by atoms with E-state index in [9.17, 15) is 22.8 Å². The summed E-state index contributed by atoms with van der Waals surface area (Å²) in [6.07, 6.45) is 1.30. The summed E-state index contributed by atoms with van der Waals surface area (Å²) in [5.74, 6) is -1.07. The number of benzene rings is 3. The van der Waals surface area contributed by atoms with Crippen molar-refractivity contribution in [3.05, 3.63) is 80.9 Å². The SMILES string of the molecule is CCOc1ccc(N2C(=O)NC(=O)/C(=C\c3cc(I)c(OS(=O)(=O)c4ccc(C)cc4)c(OCC)c3)C2=O)cc1. The molecule has 3 aromatic carbocycles. The number of halogens is 1. The molecule has 3 aromatic rings. The number of ether oxygens (including phenoxy) is 2. The van der Waals surface area contributed by atoms with Crippen LogP contribution in [0.3, 0.4) is 0 Å². The van der Waals surface area contributed by atoms with Crippen molar-refractivity contribution in [2.24, 2.45) is 0 Å². The minimum Gasteiger partial charge on any atom is -0.494 e. The number of anilines is 1. The molecule has 1 fully saturated rings. The van der Waals surface area contributed by atoms with E-state index >= 15 is 0 Å². The summed E-state index contributed by atoms with van der Waals surface area (Å²) in [4.78, 5) is 39.3. The Hall–Kier alpha value is -3.91. The fourth-order valence-corrected chi connectivity index (χ4v) is 5.64. The summed E-state index contributed by atoms with van der Waals surface area (Å²) >= 11 is 1.89. The number of carbonyl (C=O) groups excluding carboxylic acids is 3. The number of barbiturate groups is 1. The highest BCUT2D eigenvalue weighted by atomic mass is 127. The van der Waals surface area contributed by atoms with Crippen LogP contribution in [-0.4, -0.2) is 39.5 Å². The molecule has 0 aromatic heterocycles. The van der Waals surface area contributed by atoms with Crippen molar-refractivity contribution in [2.75, 3.05) is 18.1 Å². The molecule has 12 heteroatoms. The van der Waals surface area contributed by atoms with Crippen molar-refractivity contribution in [1.82, 2.24) is 5.32 Å². The molecule has 0 aliphatic carbocycles. The number of nitrogens with zero attached hydrogens (tertiary/aromatic N) is 1. The third kappa shape index (κ3) is 6.28. The number of nitrogens with one attached hydrogen (secondary N) is 1. The Morgan fingerprint density at radius 1 is 0.925 bits per heavy atom. The molecule has 0 atom stereocenters. The highest BCUT2D eigenvalue weighted by Gasteiger charge is 2.37. The van der Waals surface area contributed by atoms with Crippen LogP contribution in [0.5, 0.6) is 17.2 Å². The van der Waals surface area contributed by atoms with Crippen LogP contribution in [0.25, 0.3) is 6.08 Å². The van der Waals surface area contributed by atoms with Crippen LogP contribution in [0, 0.1) is 10.5 Å². The smallest absolute Gasteiger partial charge is 0.339 e. The monoisotopic (exact) mass is 676 g/mol. The second kappa shape index (κ2) is 12.1. The topological polar surface area (TPSA) is 128 Å². The Morgan fingerprint density at radius 2 is 1.57 bits per heavy atom. The van der Waals surface area contributed by atoms with Gasteiger partial charge in [-0.1, -0.05) is 17.7 Å². The maximum Gasteiger partial charge on any atom is 0.339 e. The van der Waals surface area contributed by atoms with Gasteiger partial charge in [0, 0.05) is 0 Å². The molecule has 0 saturated carbocycles. The van der Waals surface area contributed by atoms with Gasteiger partial charge in [-0.3, -0.25) is 14.9 Å². The van der Waals surface area contributed by atoms with E-state index in [4.69, 9.17) is 13.7 Å². The first-order valence-electron chi connectivity index (χ1n) is 12.2. The lowest BCUT2D eigenvalue weighted by molar-refractivity contribution is -0.122. The molecular formula is C28H25IN2O8S. The predicted molar refractivity (Wildman–Crippen MR) is 156 cm³/mol. The molecule has 4 rings (SSSR count). The number of carbonyl (C=O) groups is 3. The van der Waals surface area contributed by atoms with Gasteiger partial charge in [0.2, 0.25) is 0 Å². The number of hydrogen-bond donors (Lipinski definition) is 1. The number of amides is 4. The van der Waals surface area contributed by atoms with Crippen molar-refractivity contribution in [3.63, 3.8) is 0 Å². The highest BCUT2D eigenvalue weighted by Crippen LogP contribution is 2.37. The van der Waals surface area contributed by atoms with Crippen LogP contribution in [0.15, 0.2) is 71.1 Å². The van der Waals surface area contributed by atoms with E-state index < -0.39 is 28.0 Å². The molecule has 1 aliphatic rings. The zero-order valence-corrected chi connectivity index (χ0v) is 24.7. The van der Waals surface area contributed by atoms with E-state index in [1.54, 1.807) is 31.2 Å². The van der Waals surface area contributed by atoms with Gasteiger partial charge in [-0.05, 0) is 104 Å². The van der Waals surface area contributed by atoms with Crippen LogP contribution in [-0.2, 0) is 19.7 Å². The Kier molecular flexibility index (Phi) is 8.79. The van der Waals surface area contributed by atoms with Crippen LogP contribution in [0.2, 0.25) is 0 Å². The Bertz CT molecular complexity index is 1600. The van der Waals surface area contributed by atoms with Gasteiger partial charge in [-0.2, -0.15) is 8.42 Å². The van der Waals surface area contributed by atoms with Crippen molar-refractivity contribution < 1.29 is 36.5 Å². The first-order valence-corrected chi connectivity index (χ1v) is 14.6. The molecular weight excluding hydrogens is 651 g/mol. The standard InChI is InChI=1S/C28H25IN2O8S/c1-4-37-20-10-8-19(9-11-20)31-27(33)22(26(32)30-28(31)34)14-18-15-23(29)25(24(16-18)38-5-2)39-40(35,36)21-12-6-17(3)7-13-21/h6-16H,4-5H2,1-3H3,(H,30,32,34)/b22-14+. The summed E-state index contributed by atoms with van der Waals surface area (Å²) in [5, 5.41) is 2.18. The van der Waals surface area contributed by atoms with Crippen molar-refractivity contribution in [1.29, 1.82) is 0 Å². The van der Waals surface area contributed by atoms with E-state index in [1.807, 2.05) is 36.4 Å². The number of rotatable bonds is 9. The molecule has 0 unspecified atom stereocenters. The quantitative estimate of drug-likeness (QED) is 0.148. The molecule has 1 saturated heterocycles. The van der Waals surface area contributed by atoms with Crippen molar-refractivity contribution in [3.8, 4) is 17.2 Å². The van der Waals surface area contributed by atoms with E-state index in [-0.39, 0.29) is 34.3 Å². The molecule has 0 spiro atoms. The van der Waals surface area contributed by atoms with Gasteiger partial charge >= 0.3 is 16.1 Å². The normalized spacial score (nSPS) is 14.8. The highest BCUT2D eigenvalue weighted by molar-refractivity contribution is 14.1. The number of aryl methyl sites for hydroxylation is 1. The molecule has 10 nitrogen and oxygen atoms in total. The van der Waals surface area contributed by atoms with E-state index in [1.165, 1.54) is 42.5 Å². The number of imide groups is 2. The van der Waals surface area contributed by atoms with Crippen molar-refractivity contribution >= 4 is 62.3 Å². The van der Waals surface area contributed by atoms with E-state index in [0.29, 0.717) is 21.5 Å². The predicted octanol–water partition coefficient (Wildman–Crippen LogP) is 4.83. The average molecular weight is 676 g/mol. The fourth-order valence-electron chi connectivity index (χ4n) is 3.79. The second-order valence-electron chi connectivity index (χ2n) is 8.50. The molecule has 1 aliphatic heterocycles. The Balaban J connectivity index is 1.69. The average Bonchev–Trinajstić information content (AvgIpc) is 2.90. The summed E-state index contributed by atoms with van der Waals surface area (Å²) in [5.41, 5.74) is 1.20. The number of hydrogen-bond acceptors (Lipinski definition) is 8. The van der Waals surface area contributed by atoms with Crippen molar-refractivity contribution in [2.45, 2.75) is 25.7 Å². The van der Waals surface area contributed by atoms with Gasteiger partial charge in [-0.25, -0.2) is 9.69 Å². The summed E-state index contributed by atoms with van der Waals surface area (Å²) < 4.78 is 42.7. The lowest BCUT2D eigenvalue weighted by Gasteiger charge is -2.26.